The number of hydrogen-bond donors (Lipinski definition) is 2. The Labute approximate surface area is 169 Å². The van der Waals surface area contributed by atoms with Gasteiger partial charge in [0.1, 0.15) is 5.03 Å². The molecule has 3 amide bonds. The standard InChI is InChI=1S/C21H24N4O2S/c26-19(23-16-7-2-1-3-8-16)15-6-4-9-17(14-15)24-21(27)25-12-13-28-20-18(25)10-5-11-22-20/h4-6,9-11,14,16H,1-3,7-8,12-13H2,(H,23,26)(H,24,27). The van der Waals surface area contributed by atoms with Crippen LogP contribution in [0.25, 0.3) is 0 Å². The van der Waals surface area contributed by atoms with Gasteiger partial charge >= 0.3 is 6.03 Å². The SMILES string of the molecule is O=C(NC1CCCCC1)c1cccc(NC(=O)N2CCSc3ncccc32)c1. The van der Waals surface area contributed by atoms with Crippen molar-refractivity contribution in [3.63, 3.8) is 0 Å². The molecule has 1 aliphatic heterocycles. The van der Waals surface area contributed by atoms with Gasteiger partial charge in [0.05, 0.1) is 5.69 Å². The molecule has 146 valence electrons. The third-order valence-corrected chi connectivity index (χ3v) is 6.13. The second-order valence-corrected chi connectivity index (χ2v) is 8.23. The molecule has 2 heterocycles. The quantitative estimate of drug-likeness (QED) is 0.812. The number of nitrogens with one attached hydrogen (secondary N) is 2. The maximum atomic E-state index is 12.8. The molecule has 2 N–H and O–H groups in total. The van der Waals surface area contributed by atoms with E-state index in [2.05, 4.69) is 15.6 Å². The van der Waals surface area contributed by atoms with Crippen LogP contribution in [-0.2, 0) is 0 Å². The minimum Gasteiger partial charge on any atom is -0.349 e. The summed E-state index contributed by atoms with van der Waals surface area (Å²) in [5, 5.41) is 6.91. The van der Waals surface area contributed by atoms with Crippen molar-refractivity contribution in [2.45, 2.75) is 43.2 Å². The van der Waals surface area contributed by atoms with E-state index in [4.69, 9.17) is 0 Å². The first-order valence-corrected chi connectivity index (χ1v) is 10.8. The Morgan fingerprint density at radius 1 is 1.11 bits per heavy atom. The van der Waals surface area contributed by atoms with E-state index in [1.54, 1.807) is 47.1 Å². The number of fused-ring (bicyclic) bond motifs is 1. The average Bonchev–Trinajstić information content (AvgIpc) is 2.74. The van der Waals surface area contributed by atoms with E-state index in [-0.39, 0.29) is 18.0 Å². The predicted molar refractivity (Wildman–Crippen MR) is 112 cm³/mol. The molecule has 1 saturated carbocycles. The highest BCUT2D eigenvalue weighted by Crippen LogP contribution is 2.32. The molecule has 28 heavy (non-hydrogen) atoms. The molecule has 0 bridgehead atoms. The van der Waals surface area contributed by atoms with E-state index in [0.29, 0.717) is 17.8 Å². The molecular weight excluding hydrogens is 372 g/mol. The summed E-state index contributed by atoms with van der Waals surface area (Å²) in [7, 11) is 0. The molecule has 2 aliphatic rings. The molecule has 1 aromatic carbocycles. The average molecular weight is 397 g/mol. The first-order valence-electron chi connectivity index (χ1n) is 9.78. The first kappa shape index (κ1) is 18.8. The fraction of sp³-hybridized carbons (Fsp3) is 0.381. The Kier molecular flexibility index (Phi) is 5.81. The van der Waals surface area contributed by atoms with Gasteiger partial charge in [-0.3, -0.25) is 9.69 Å². The number of carbonyl (C=O) groups excluding carboxylic acids is 2. The number of pyridine rings is 1. The Morgan fingerprint density at radius 3 is 2.82 bits per heavy atom. The van der Waals surface area contributed by atoms with Gasteiger partial charge in [-0.25, -0.2) is 9.78 Å². The van der Waals surface area contributed by atoms with Crippen LogP contribution in [0.3, 0.4) is 0 Å². The van der Waals surface area contributed by atoms with Crippen LogP contribution in [0.5, 0.6) is 0 Å². The van der Waals surface area contributed by atoms with Gasteiger partial charge in [0, 0.05) is 35.8 Å². The van der Waals surface area contributed by atoms with Crippen molar-refractivity contribution in [2.24, 2.45) is 0 Å². The van der Waals surface area contributed by atoms with Crippen LogP contribution >= 0.6 is 11.8 Å². The van der Waals surface area contributed by atoms with Gasteiger partial charge in [0.25, 0.3) is 5.91 Å². The van der Waals surface area contributed by atoms with Gasteiger partial charge in [-0.1, -0.05) is 25.3 Å². The number of carbonyl (C=O) groups is 2. The zero-order chi connectivity index (χ0) is 19.3. The third-order valence-electron chi connectivity index (χ3n) is 5.16. The highest BCUT2D eigenvalue weighted by molar-refractivity contribution is 7.99. The van der Waals surface area contributed by atoms with Crippen molar-refractivity contribution in [3.8, 4) is 0 Å². The molecule has 0 unspecified atom stereocenters. The molecule has 0 saturated heterocycles. The van der Waals surface area contributed by atoms with Crippen molar-refractivity contribution >= 4 is 35.1 Å². The highest BCUT2D eigenvalue weighted by Gasteiger charge is 2.24. The fourth-order valence-corrected chi connectivity index (χ4v) is 4.64. The molecule has 0 atom stereocenters. The lowest BCUT2D eigenvalue weighted by Gasteiger charge is -2.28. The van der Waals surface area contributed by atoms with E-state index in [0.717, 1.165) is 29.3 Å². The van der Waals surface area contributed by atoms with Gasteiger partial charge in [0.2, 0.25) is 0 Å². The van der Waals surface area contributed by atoms with Gasteiger partial charge in [-0.15, -0.1) is 11.8 Å². The molecule has 2 aromatic rings. The van der Waals surface area contributed by atoms with Crippen molar-refractivity contribution in [1.29, 1.82) is 0 Å². The molecule has 4 rings (SSSR count). The summed E-state index contributed by atoms with van der Waals surface area (Å²) in [6.07, 6.45) is 7.42. The summed E-state index contributed by atoms with van der Waals surface area (Å²) in [6, 6.07) is 10.9. The lowest BCUT2D eigenvalue weighted by atomic mass is 9.95. The Hall–Kier alpha value is -2.54. The summed E-state index contributed by atoms with van der Waals surface area (Å²) < 4.78 is 0. The Bertz CT molecular complexity index is 867. The number of thioether (sulfide) groups is 1. The van der Waals surface area contributed by atoms with Crippen LogP contribution in [0.1, 0.15) is 42.5 Å². The van der Waals surface area contributed by atoms with Gasteiger partial charge in [-0.2, -0.15) is 0 Å². The minimum atomic E-state index is -0.209. The normalized spacial score (nSPS) is 16.9. The number of anilines is 2. The fourth-order valence-electron chi connectivity index (χ4n) is 3.71. The topological polar surface area (TPSA) is 74.3 Å². The molecule has 6 nitrogen and oxygen atoms in total. The summed E-state index contributed by atoms with van der Waals surface area (Å²) in [5.74, 6) is 0.730. The maximum Gasteiger partial charge on any atom is 0.326 e. The van der Waals surface area contributed by atoms with E-state index in [9.17, 15) is 9.59 Å². The first-order chi connectivity index (χ1) is 13.7. The van der Waals surface area contributed by atoms with Crippen LogP contribution in [0.2, 0.25) is 0 Å². The zero-order valence-electron chi connectivity index (χ0n) is 15.7. The maximum absolute atomic E-state index is 12.8. The lowest BCUT2D eigenvalue weighted by Crippen LogP contribution is -2.39. The van der Waals surface area contributed by atoms with Crippen LogP contribution < -0.4 is 15.5 Å². The van der Waals surface area contributed by atoms with Crippen LogP contribution in [0.4, 0.5) is 16.2 Å². The largest absolute Gasteiger partial charge is 0.349 e. The highest BCUT2D eigenvalue weighted by atomic mass is 32.2. The lowest BCUT2D eigenvalue weighted by molar-refractivity contribution is 0.0927. The van der Waals surface area contributed by atoms with Crippen molar-refractivity contribution in [3.05, 3.63) is 48.2 Å². The zero-order valence-corrected chi connectivity index (χ0v) is 16.5. The molecule has 0 spiro atoms. The number of urea groups is 1. The minimum absolute atomic E-state index is 0.0769. The summed E-state index contributed by atoms with van der Waals surface area (Å²) in [6.45, 7) is 0.622. The van der Waals surface area contributed by atoms with Crippen molar-refractivity contribution < 1.29 is 9.59 Å². The number of aromatic nitrogens is 1. The van der Waals surface area contributed by atoms with Crippen molar-refractivity contribution in [2.75, 3.05) is 22.5 Å². The van der Waals surface area contributed by atoms with Gasteiger partial charge < -0.3 is 10.6 Å². The number of hydrogen-bond acceptors (Lipinski definition) is 4. The Morgan fingerprint density at radius 2 is 1.96 bits per heavy atom. The monoisotopic (exact) mass is 396 g/mol. The Balaban J connectivity index is 1.43. The predicted octanol–water partition coefficient (Wildman–Crippen LogP) is 4.29. The van der Waals surface area contributed by atoms with Crippen LogP contribution in [-0.4, -0.2) is 35.3 Å². The van der Waals surface area contributed by atoms with E-state index < -0.39 is 0 Å². The van der Waals surface area contributed by atoms with Crippen molar-refractivity contribution in [1.82, 2.24) is 10.3 Å². The summed E-state index contributed by atoms with van der Waals surface area (Å²) in [5.41, 5.74) is 2.01. The number of benzene rings is 1. The summed E-state index contributed by atoms with van der Waals surface area (Å²) >= 11 is 1.65. The van der Waals surface area contributed by atoms with E-state index >= 15 is 0 Å². The molecule has 1 aromatic heterocycles. The van der Waals surface area contributed by atoms with E-state index in [1.807, 2.05) is 12.1 Å². The number of nitrogens with zero attached hydrogens (tertiary/aromatic N) is 2. The summed E-state index contributed by atoms with van der Waals surface area (Å²) in [4.78, 5) is 31.4. The molecule has 1 fully saturated rings. The molecular formula is C21H24N4O2S. The van der Waals surface area contributed by atoms with Gasteiger partial charge in [0.15, 0.2) is 0 Å². The number of rotatable bonds is 3. The van der Waals surface area contributed by atoms with Crippen LogP contribution in [0, 0.1) is 0 Å². The molecule has 0 radical (unpaired) electrons. The third kappa shape index (κ3) is 4.30. The molecule has 1 aliphatic carbocycles. The number of amides is 3. The van der Waals surface area contributed by atoms with E-state index in [1.165, 1.54) is 19.3 Å². The van der Waals surface area contributed by atoms with Crippen LogP contribution in [0.15, 0.2) is 47.6 Å². The van der Waals surface area contributed by atoms with Gasteiger partial charge in [-0.05, 0) is 43.2 Å². The smallest absolute Gasteiger partial charge is 0.326 e. The second-order valence-electron chi connectivity index (χ2n) is 7.15. The molecule has 7 heteroatoms. The second kappa shape index (κ2) is 8.65.